The van der Waals surface area contributed by atoms with Crippen molar-refractivity contribution < 1.29 is 13.2 Å². The summed E-state index contributed by atoms with van der Waals surface area (Å²) < 4.78 is 24.4. The Bertz CT molecular complexity index is 466. The molecule has 0 aromatic heterocycles. The summed E-state index contributed by atoms with van der Waals surface area (Å²) in [6.45, 7) is 6.21. The minimum absolute atomic E-state index is 0.0416. The molecule has 2 heterocycles. The van der Waals surface area contributed by atoms with Crippen molar-refractivity contribution in [2.75, 3.05) is 39.0 Å². The van der Waals surface area contributed by atoms with Gasteiger partial charge in [0.05, 0.1) is 6.26 Å². The molecule has 0 radical (unpaired) electrons. The van der Waals surface area contributed by atoms with E-state index in [-0.39, 0.29) is 11.8 Å². The third kappa shape index (κ3) is 4.93. The van der Waals surface area contributed by atoms with E-state index < -0.39 is 10.0 Å². The fourth-order valence-corrected chi connectivity index (χ4v) is 4.24. The zero-order valence-electron chi connectivity index (χ0n) is 13.8. The monoisotopic (exact) mass is 331 g/mol. The Labute approximate surface area is 134 Å². The van der Waals surface area contributed by atoms with Crippen molar-refractivity contribution in [3.05, 3.63) is 0 Å². The van der Waals surface area contributed by atoms with Gasteiger partial charge in [0, 0.05) is 31.6 Å². The third-order valence-electron chi connectivity index (χ3n) is 4.92. The highest BCUT2D eigenvalue weighted by Crippen LogP contribution is 2.19. The molecule has 2 fully saturated rings. The Morgan fingerprint density at radius 1 is 1.18 bits per heavy atom. The highest BCUT2D eigenvalue weighted by Gasteiger charge is 2.28. The van der Waals surface area contributed by atoms with Crippen LogP contribution in [0.1, 0.15) is 39.0 Å². The first-order valence-corrected chi connectivity index (χ1v) is 10.2. The number of carbonyl (C=O) groups is 1. The van der Waals surface area contributed by atoms with E-state index in [9.17, 15) is 13.2 Å². The molecule has 2 aliphatic rings. The van der Waals surface area contributed by atoms with Crippen molar-refractivity contribution in [2.45, 2.75) is 45.1 Å². The van der Waals surface area contributed by atoms with Crippen LogP contribution in [0, 0.1) is 5.92 Å². The molecule has 1 unspecified atom stereocenters. The Morgan fingerprint density at radius 3 is 2.32 bits per heavy atom. The fraction of sp³-hybridized carbons (Fsp3) is 0.933. The van der Waals surface area contributed by atoms with Gasteiger partial charge >= 0.3 is 0 Å². The SMILES string of the molecule is CC(CCNC(=O)C1CCN(S(C)(=O)=O)CC1)N1CCCC1. The number of carbonyl (C=O) groups excluding carboxylic acids is 1. The number of sulfonamides is 1. The molecule has 6 nitrogen and oxygen atoms in total. The Hall–Kier alpha value is -0.660. The minimum Gasteiger partial charge on any atom is -0.356 e. The topological polar surface area (TPSA) is 69.7 Å². The maximum absolute atomic E-state index is 12.2. The largest absolute Gasteiger partial charge is 0.356 e. The van der Waals surface area contributed by atoms with Gasteiger partial charge in [-0.1, -0.05) is 0 Å². The Morgan fingerprint density at radius 2 is 1.77 bits per heavy atom. The lowest BCUT2D eigenvalue weighted by Gasteiger charge is -2.29. The van der Waals surface area contributed by atoms with Crippen molar-refractivity contribution in [1.82, 2.24) is 14.5 Å². The summed E-state index contributed by atoms with van der Waals surface area (Å²) in [5.41, 5.74) is 0. The van der Waals surface area contributed by atoms with Crippen LogP contribution < -0.4 is 5.32 Å². The molecule has 1 N–H and O–H groups in total. The minimum atomic E-state index is -3.12. The lowest BCUT2D eigenvalue weighted by Crippen LogP contribution is -2.43. The van der Waals surface area contributed by atoms with Gasteiger partial charge in [0.1, 0.15) is 0 Å². The number of rotatable bonds is 6. The first-order valence-electron chi connectivity index (χ1n) is 8.35. The second-order valence-corrected chi connectivity index (χ2v) is 8.59. The first kappa shape index (κ1) is 17.7. The highest BCUT2D eigenvalue weighted by molar-refractivity contribution is 7.88. The van der Waals surface area contributed by atoms with E-state index in [2.05, 4.69) is 17.1 Å². The van der Waals surface area contributed by atoms with Crippen LogP contribution in [-0.4, -0.2) is 68.6 Å². The second kappa shape index (κ2) is 7.75. The van der Waals surface area contributed by atoms with Crippen LogP contribution in [0.3, 0.4) is 0 Å². The van der Waals surface area contributed by atoms with Crippen molar-refractivity contribution in [3.63, 3.8) is 0 Å². The quantitative estimate of drug-likeness (QED) is 0.776. The summed E-state index contributed by atoms with van der Waals surface area (Å²) in [7, 11) is -3.12. The summed E-state index contributed by atoms with van der Waals surface area (Å²) in [6.07, 6.45) is 6.04. The molecule has 22 heavy (non-hydrogen) atoms. The zero-order chi connectivity index (χ0) is 16.2. The van der Waals surface area contributed by atoms with Crippen molar-refractivity contribution >= 4 is 15.9 Å². The lowest BCUT2D eigenvalue weighted by atomic mass is 9.97. The lowest BCUT2D eigenvalue weighted by molar-refractivity contribution is -0.126. The molecule has 0 spiro atoms. The summed E-state index contributed by atoms with van der Waals surface area (Å²) in [5, 5.41) is 3.03. The molecule has 0 saturated carbocycles. The van der Waals surface area contributed by atoms with Gasteiger partial charge in [-0.05, 0) is 52.1 Å². The highest BCUT2D eigenvalue weighted by atomic mass is 32.2. The van der Waals surface area contributed by atoms with E-state index in [0.717, 1.165) is 6.42 Å². The number of piperidine rings is 1. The summed E-state index contributed by atoms with van der Waals surface area (Å²) in [4.78, 5) is 14.6. The average Bonchev–Trinajstić information content (AvgIpc) is 3.00. The molecule has 1 atom stereocenters. The Kier molecular flexibility index (Phi) is 6.23. The maximum Gasteiger partial charge on any atom is 0.223 e. The zero-order valence-corrected chi connectivity index (χ0v) is 14.6. The van der Waals surface area contributed by atoms with Crippen LogP contribution in [0.25, 0.3) is 0 Å². The normalized spacial score (nSPS) is 23.5. The van der Waals surface area contributed by atoms with Crippen molar-refractivity contribution in [2.24, 2.45) is 5.92 Å². The van der Waals surface area contributed by atoms with Crippen molar-refractivity contribution in [1.29, 1.82) is 0 Å². The Balaban J connectivity index is 1.66. The van der Waals surface area contributed by atoms with Crippen LogP contribution in [0.2, 0.25) is 0 Å². The van der Waals surface area contributed by atoms with E-state index in [1.54, 1.807) is 0 Å². The number of hydrogen-bond donors (Lipinski definition) is 1. The van der Waals surface area contributed by atoms with Gasteiger partial charge in [0.15, 0.2) is 0 Å². The van der Waals surface area contributed by atoms with E-state index in [1.165, 1.54) is 36.5 Å². The number of hydrogen-bond acceptors (Lipinski definition) is 4. The van der Waals surface area contributed by atoms with Crippen molar-refractivity contribution in [3.8, 4) is 0 Å². The van der Waals surface area contributed by atoms with Crippen LogP contribution in [-0.2, 0) is 14.8 Å². The second-order valence-electron chi connectivity index (χ2n) is 6.61. The van der Waals surface area contributed by atoms with E-state index >= 15 is 0 Å². The van der Waals surface area contributed by atoms with Gasteiger partial charge in [-0.2, -0.15) is 0 Å². The molecule has 128 valence electrons. The predicted octanol–water partition coefficient (Wildman–Crippen LogP) is 0.649. The standard InChI is InChI=1S/C15H29N3O3S/c1-13(17-9-3-4-10-17)5-8-16-15(19)14-6-11-18(12-7-14)22(2,20)21/h13-14H,3-12H2,1-2H3,(H,16,19). The summed E-state index contributed by atoms with van der Waals surface area (Å²) in [5.74, 6) is 0.0434. The third-order valence-corrected chi connectivity index (χ3v) is 6.22. The number of amides is 1. The number of nitrogens with zero attached hydrogens (tertiary/aromatic N) is 2. The smallest absolute Gasteiger partial charge is 0.223 e. The summed E-state index contributed by atoms with van der Waals surface area (Å²) in [6, 6.07) is 0.523. The van der Waals surface area contributed by atoms with Gasteiger partial charge in [0.2, 0.25) is 15.9 Å². The fourth-order valence-electron chi connectivity index (χ4n) is 3.36. The number of nitrogens with one attached hydrogen (secondary N) is 1. The van der Waals surface area contributed by atoms with E-state index in [4.69, 9.17) is 0 Å². The van der Waals surface area contributed by atoms with Crippen LogP contribution >= 0.6 is 0 Å². The van der Waals surface area contributed by atoms with Gasteiger partial charge in [-0.15, -0.1) is 0 Å². The van der Waals surface area contributed by atoms with Gasteiger partial charge in [-0.25, -0.2) is 12.7 Å². The number of likely N-dealkylation sites (tertiary alicyclic amines) is 1. The molecule has 0 aromatic carbocycles. The van der Waals surface area contributed by atoms with Crippen LogP contribution in [0.15, 0.2) is 0 Å². The maximum atomic E-state index is 12.2. The molecule has 7 heteroatoms. The van der Waals surface area contributed by atoms with Gasteiger partial charge < -0.3 is 10.2 Å². The van der Waals surface area contributed by atoms with E-state index in [0.29, 0.717) is 38.5 Å². The molecule has 1 amide bonds. The predicted molar refractivity (Wildman–Crippen MR) is 87.0 cm³/mol. The van der Waals surface area contributed by atoms with Crippen LogP contribution in [0.5, 0.6) is 0 Å². The molecule has 0 aliphatic carbocycles. The molecular weight excluding hydrogens is 302 g/mol. The molecular formula is C15H29N3O3S. The van der Waals surface area contributed by atoms with Gasteiger partial charge in [0.25, 0.3) is 0 Å². The molecule has 0 bridgehead atoms. The van der Waals surface area contributed by atoms with Crippen LogP contribution in [0.4, 0.5) is 0 Å². The molecule has 2 rings (SSSR count). The summed E-state index contributed by atoms with van der Waals surface area (Å²) >= 11 is 0. The van der Waals surface area contributed by atoms with E-state index in [1.807, 2.05) is 0 Å². The first-order chi connectivity index (χ1) is 10.4. The molecule has 0 aromatic rings. The van der Waals surface area contributed by atoms with Gasteiger partial charge in [-0.3, -0.25) is 4.79 Å². The average molecular weight is 331 g/mol. The molecule has 2 aliphatic heterocycles. The molecule has 2 saturated heterocycles.